The molecular formula is C6H6N4O. The van der Waals surface area contributed by atoms with Gasteiger partial charge in [-0.15, -0.1) is 0 Å². The van der Waals surface area contributed by atoms with Crippen molar-refractivity contribution < 1.29 is 5.11 Å². The summed E-state index contributed by atoms with van der Waals surface area (Å²) >= 11 is 0. The molecule has 4 N–H and O–H groups in total. The minimum atomic E-state index is 0.0498. The molecule has 0 saturated carbocycles. The number of aromatic nitrogens is 3. The number of hydrogen-bond donors (Lipinski definition) is 3. The number of phenols is 1. The lowest BCUT2D eigenvalue weighted by Gasteiger charge is -1.93. The van der Waals surface area contributed by atoms with Gasteiger partial charge in [-0.05, 0) is 6.07 Å². The number of nitrogens with one attached hydrogen (secondary N) is 1. The van der Waals surface area contributed by atoms with Crippen LogP contribution in [0.1, 0.15) is 0 Å². The Morgan fingerprint density at radius 2 is 2.18 bits per heavy atom. The summed E-state index contributed by atoms with van der Waals surface area (Å²) in [7, 11) is 0. The zero-order valence-electron chi connectivity index (χ0n) is 5.57. The molecule has 56 valence electrons. The lowest BCUT2D eigenvalue weighted by molar-refractivity contribution is 0.480. The number of benzene rings is 1. The fourth-order valence-electron chi connectivity index (χ4n) is 0.954. The van der Waals surface area contributed by atoms with Crippen molar-refractivity contribution in [2.24, 2.45) is 0 Å². The van der Waals surface area contributed by atoms with Gasteiger partial charge in [0, 0.05) is 11.8 Å². The quantitative estimate of drug-likeness (QED) is 0.469. The average Bonchev–Trinajstić information content (AvgIpc) is 2.34. The SMILES string of the molecule is Nc1cc(O)c2n[nH]nc2c1. The number of fused-ring (bicyclic) bond motifs is 1. The van der Waals surface area contributed by atoms with Crippen LogP contribution < -0.4 is 5.73 Å². The predicted molar refractivity (Wildman–Crippen MR) is 40.0 cm³/mol. The molecule has 0 bridgehead atoms. The summed E-state index contributed by atoms with van der Waals surface area (Å²) in [5.41, 5.74) is 6.93. The third kappa shape index (κ3) is 0.778. The van der Waals surface area contributed by atoms with Gasteiger partial charge in [0.05, 0.1) is 0 Å². The number of aromatic hydroxyl groups is 1. The Morgan fingerprint density at radius 3 is 3.00 bits per heavy atom. The van der Waals surface area contributed by atoms with Crippen molar-refractivity contribution in [3.8, 4) is 5.75 Å². The molecule has 0 atom stereocenters. The summed E-state index contributed by atoms with van der Waals surface area (Å²) in [6, 6.07) is 3.07. The molecule has 0 aliphatic rings. The van der Waals surface area contributed by atoms with Crippen LogP contribution in [0.2, 0.25) is 0 Å². The normalized spacial score (nSPS) is 10.5. The third-order valence-corrected chi connectivity index (χ3v) is 1.42. The van der Waals surface area contributed by atoms with Crippen LogP contribution in [0.15, 0.2) is 12.1 Å². The topological polar surface area (TPSA) is 87.8 Å². The molecule has 0 aliphatic carbocycles. The molecule has 5 nitrogen and oxygen atoms in total. The molecule has 5 heteroatoms. The van der Waals surface area contributed by atoms with Gasteiger partial charge in [-0.3, -0.25) is 0 Å². The fourth-order valence-corrected chi connectivity index (χ4v) is 0.954. The smallest absolute Gasteiger partial charge is 0.154 e. The zero-order chi connectivity index (χ0) is 7.84. The monoisotopic (exact) mass is 150 g/mol. The number of nitrogens with two attached hydrogens (primary N) is 1. The van der Waals surface area contributed by atoms with Crippen LogP contribution in [0.25, 0.3) is 11.0 Å². The molecule has 0 aliphatic heterocycles. The van der Waals surface area contributed by atoms with Crippen LogP contribution in [0.4, 0.5) is 5.69 Å². The lowest BCUT2D eigenvalue weighted by atomic mass is 10.2. The van der Waals surface area contributed by atoms with Gasteiger partial charge >= 0.3 is 0 Å². The second kappa shape index (κ2) is 1.85. The van der Waals surface area contributed by atoms with Gasteiger partial charge in [0.2, 0.25) is 0 Å². The summed E-state index contributed by atoms with van der Waals surface area (Å²) in [6.07, 6.45) is 0. The predicted octanol–water partition coefficient (Wildman–Crippen LogP) is 0.246. The van der Waals surface area contributed by atoms with Crippen molar-refractivity contribution in [1.82, 2.24) is 15.4 Å². The van der Waals surface area contributed by atoms with Gasteiger partial charge in [-0.2, -0.15) is 15.4 Å². The lowest BCUT2D eigenvalue weighted by Crippen LogP contribution is -1.83. The van der Waals surface area contributed by atoms with E-state index in [1.807, 2.05) is 0 Å². The summed E-state index contributed by atoms with van der Waals surface area (Å²) in [5, 5.41) is 19.1. The first kappa shape index (κ1) is 5.96. The molecule has 1 heterocycles. The second-order valence-electron chi connectivity index (χ2n) is 2.23. The van der Waals surface area contributed by atoms with E-state index in [2.05, 4.69) is 15.4 Å². The molecule has 11 heavy (non-hydrogen) atoms. The molecule has 2 aromatic rings. The largest absolute Gasteiger partial charge is 0.505 e. The number of nitrogen functional groups attached to an aromatic ring is 1. The van der Waals surface area contributed by atoms with E-state index in [1.165, 1.54) is 6.07 Å². The van der Waals surface area contributed by atoms with Gasteiger partial charge < -0.3 is 10.8 Å². The maximum absolute atomic E-state index is 9.24. The van der Waals surface area contributed by atoms with Crippen molar-refractivity contribution in [2.45, 2.75) is 0 Å². The van der Waals surface area contributed by atoms with Gasteiger partial charge in [0.1, 0.15) is 11.3 Å². The number of H-pyrrole nitrogens is 1. The van der Waals surface area contributed by atoms with Crippen LogP contribution in [-0.4, -0.2) is 20.5 Å². The maximum atomic E-state index is 9.24. The Labute approximate surface area is 61.8 Å². The highest BCUT2D eigenvalue weighted by molar-refractivity contribution is 5.83. The van der Waals surface area contributed by atoms with Crippen LogP contribution in [-0.2, 0) is 0 Å². The van der Waals surface area contributed by atoms with Crippen LogP contribution in [0, 0.1) is 0 Å². The van der Waals surface area contributed by atoms with Crippen molar-refractivity contribution in [2.75, 3.05) is 5.73 Å². The van der Waals surface area contributed by atoms with Gasteiger partial charge in [-0.1, -0.05) is 0 Å². The summed E-state index contributed by atoms with van der Waals surface area (Å²) < 4.78 is 0. The molecule has 0 saturated heterocycles. The number of nitrogens with zero attached hydrogens (tertiary/aromatic N) is 2. The van der Waals surface area contributed by atoms with E-state index in [0.717, 1.165) is 0 Å². The Hall–Kier alpha value is -1.78. The molecular weight excluding hydrogens is 144 g/mol. The standard InChI is InChI=1S/C6H6N4O/c7-3-1-4-6(5(11)2-3)9-10-8-4/h1-2,11H,7H2,(H,8,9,10). The Balaban J connectivity index is 2.91. The molecule has 0 radical (unpaired) electrons. The first-order valence-electron chi connectivity index (χ1n) is 3.06. The minimum absolute atomic E-state index is 0.0498. The van der Waals surface area contributed by atoms with E-state index < -0.39 is 0 Å². The van der Waals surface area contributed by atoms with Gasteiger partial charge in [-0.25, -0.2) is 0 Å². The van der Waals surface area contributed by atoms with Crippen molar-refractivity contribution in [3.63, 3.8) is 0 Å². The molecule has 0 fully saturated rings. The van der Waals surface area contributed by atoms with Crippen molar-refractivity contribution in [3.05, 3.63) is 12.1 Å². The van der Waals surface area contributed by atoms with E-state index in [9.17, 15) is 5.11 Å². The number of rotatable bonds is 0. The number of anilines is 1. The number of hydrogen-bond acceptors (Lipinski definition) is 4. The van der Waals surface area contributed by atoms with Crippen LogP contribution >= 0.6 is 0 Å². The van der Waals surface area contributed by atoms with E-state index in [4.69, 9.17) is 5.73 Å². The van der Waals surface area contributed by atoms with Crippen molar-refractivity contribution >= 4 is 16.7 Å². The molecule has 0 amide bonds. The first-order valence-corrected chi connectivity index (χ1v) is 3.06. The van der Waals surface area contributed by atoms with E-state index in [0.29, 0.717) is 16.7 Å². The third-order valence-electron chi connectivity index (χ3n) is 1.42. The van der Waals surface area contributed by atoms with Gasteiger partial charge in [0.25, 0.3) is 0 Å². The van der Waals surface area contributed by atoms with Gasteiger partial charge in [0.15, 0.2) is 5.52 Å². The fraction of sp³-hybridized carbons (Fsp3) is 0. The minimum Gasteiger partial charge on any atom is -0.505 e. The average molecular weight is 150 g/mol. The number of aromatic amines is 1. The van der Waals surface area contributed by atoms with Crippen molar-refractivity contribution in [1.29, 1.82) is 0 Å². The number of phenolic OH excluding ortho intramolecular Hbond substituents is 1. The molecule has 1 aromatic carbocycles. The zero-order valence-corrected chi connectivity index (χ0v) is 5.57. The Morgan fingerprint density at radius 1 is 1.36 bits per heavy atom. The Bertz CT molecular complexity index is 394. The van der Waals surface area contributed by atoms with Crippen LogP contribution in [0.5, 0.6) is 5.75 Å². The van der Waals surface area contributed by atoms with E-state index >= 15 is 0 Å². The first-order chi connectivity index (χ1) is 5.27. The van der Waals surface area contributed by atoms with E-state index in [-0.39, 0.29) is 5.75 Å². The highest BCUT2D eigenvalue weighted by atomic mass is 16.3. The van der Waals surface area contributed by atoms with Crippen LogP contribution in [0.3, 0.4) is 0 Å². The second-order valence-corrected chi connectivity index (χ2v) is 2.23. The maximum Gasteiger partial charge on any atom is 0.154 e. The molecule has 0 unspecified atom stereocenters. The summed E-state index contributed by atoms with van der Waals surface area (Å²) in [5.74, 6) is 0.0498. The highest BCUT2D eigenvalue weighted by Crippen LogP contribution is 2.23. The summed E-state index contributed by atoms with van der Waals surface area (Å²) in [6.45, 7) is 0. The molecule has 1 aromatic heterocycles. The molecule has 2 rings (SSSR count). The van der Waals surface area contributed by atoms with E-state index in [1.54, 1.807) is 6.07 Å². The highest BCUT2D eigenvalue weighted by Gasteiger charge is 2.03. The summed E-state index contributed by atoms with van der Waals surface area (Å²) in [4.78, 5) is 0. The Kier molecular flexibility index (Phi) is 1.00. The molecule has 0 spiro atoms.